The van der Waals surface area contributed by atoms with Gasteiger partial charge in [-0.1, -0.05) is 13.8 Å². The summed E-state index contributed by atoms with van der Waals surface area (Å²) in [7, 11) is 0. The molecule has 2 saturated heterocycles. The highest BCUT2D eigenvalue weighted by Crippen LogP contribution is 2.49. The number of hydrogen-bond acceptors (Lipinski definition) is 5. The molecule has 0 amide bonds. The summed E-state index contributed by atoms with van der Waals surface area (Å²) < 4.78 is 11.3. The van der Waals surface area contributed by atoms with Crippen LogP contribution in [0.2, 0.25) is 0 Å². The van der Waals surface area contributed by atoms with Crippen LogP contribution in [-0.2, 0) is 19.2 Å². The second-order valence-electron chi connectivity index (χ2n) is 5.42. The Bertz CT molecular complexity index is 294. The van der Waals surface area contributed by atoms with Gasteiger partial charge in [0.2, 0.25) is 0 Å². The summed E-state index contributed by atoms with van der Waals surface area (Å²) in [6.07, 6.45) is -0.631. The first kappa shape index (κ1) is 10.9. The molecule has 92 valence electrons. The third-order valence-electron chi connectivity index (χ3n) is 3.73. The molecule has 0 aromatic rings. The molecule has 0 unspecified atom stereocenters. The van der Waals surface area contributed by atoms with E-state index in [1.807, 2.05) is 20.8 Å². The van der Waals surface area contributed by atoms with E-state index in [0.717, 1.165) is 0 Å². The van der Waals surface area contributed by atoms with Crippen LogP contribution in [-0.4, -0.2) is 41.4 Å². The summed E-state index contributed by atoms with van der Waals surface area (Å²) in [4.78, 5) is 10.7. The summed E-state index contributed by atoms with van der Waals surface area (Å²) >= 11 is 0. The van der Waals surface area contributed by atoms with E-state index < -0.39 is 11.7 Å². The summed E-state index contributed by atoms with van der Waals surface area (Å²) in [6, 6.07) is 0. The Morgan fingerprint density at radius 2 is 2.06 bits per heavy atom. The molecule has 5 heteroatoms. The molecule has 0 radical (unpaired) electrons. The monoisotopic (exact) mass is 230 g/mol. The quantitative estimate of drug-likeness (QED) is 0.528. The van der Waals surface area contributed by atoms with Crippen LogP contribution in [0.4, 0.5) is 0 Å². The minimum absolute atomic E-state index is 0.102. The van der Waals surface area contributed by atoms with Crippen LogP contribution in [0.1, 0.15) is 27.2 Å². The van der Waals surface area contributed by atoms with Crippen molar-refractivity contribution in [3.05, 3.63) is 0 Å². The van der Waals surface area contributed by atoms with Gasteiger partial charge in [-0.25, -0.2) is 9.78 Å². The number of rotatable bonds is 1. The minimum atomic E-state index is -0.574. The molecular weight excluding hydrogens is 212 g/mol. The highest BCUT2D eigenvalue weighted by molar-refractivity contribution is 5.12. The van der Waals surface area contributed by atoms with Gasteiger partial charge >= 0.3 is 0 Å². The Morgan fingerprint density at radius 3 is 2.75 bits per heavy atom. The van der Waals surface area contributed by atoms with Gasteiger partial charge < -0.3 is 14.6 Å². The molecule has 0 spiro atoms. The van der Waals surface area contributed by atoms with Crippen LogP contribution >= 0.6 is 0 Å². The predicted molar refractivity (Wildman–Crippen MR) is 53.4 cm³/mol. The number of epoxide rings is 1. The fourth-order valence-electron chi connectivity index (χ4n) is 2.54. The van der Waals surface area contributed by atoms with Crippen molar-refractivity contribution in [2.75, 3.05) is 0 Å². The number of aliphatic hydroxyl groups excluding tert-OH is 1. The first-order valence-corrected chi connectivity index (χ1v) is 5.86. The van der Waals surface area contributed by atoms with Crippen LogP contribution in [0.3, 0.4) is 0 Å². The topological polar surface area (TPSA) is 60.5 Å². The lowest BCUT2D eigenvalue weighted by molar-refractivity contribution is -0.497. The van der Waals surface area contributed by atoms with Crippen LogP contribution < -0.4 is 0 Å². The van der Waals surface area contributed by atoms with Gasteiger partial charge in [-0.3, -0.25) is 0 Å². The molecule has 3 rings (SSSR count). The van der Waals surface area contributed by atoms with Crippen molar-refractivity contribution >= 4 is 0 Å². The fourth-order valence-corrected chi connectivity index (χ4v) is 2.54. The van der Waals surface area contributed by atoms with E-state index in [1.54, 1.807) is 0 Å². The van der Waals surface area contributed by atoms with Crippen molar-refractivity contribution < 1.29 is 24.4 Å². The van der Waals surface area contributed by atoms with Crippen molar-refractivity contribution in [2.45, 2.75) is 63.5 Å². The molecule has 6 atom stereocenters. The van der Waals surface area contributed by atoms with E-state index in [4.69, 9.17) is 19.2 Å². The molecule has 16 heavy (non-hydrogen) atoms. The lowest BCUT2D eigenvalue weighted by atomic mass is 9.81. The average molecular weight is 230 g/mol. The van der Waals surface area contributed by atoms with E-state index in [-0.39, 0.29) is 30.5 Å². The average Bonchev–Trinajstić information content (AvgIpc) is 3.00. The van der Waals surface area contributed by atoms with Crippen molar-refractivity contribution in [2.24, 2.45) is 5.92 Å². The maximum atomic E-state index is 9.80. The third-order valence-corrected chi connectivity index (χ3v) is 3.73. The second kappa shape index (κ2) is 3.40. The Balaban J connectivity index is 1.77. The van der Waals surface area contributed by atoms with Crippen molar-refractivity contribution in [1.29, 1.82) is 0 Å². The normalized spacial score (nSPS) is 55.7. The first-order chi connectivity index (χ1) is 7.52. The summed E-state index contributed by atoms with van der Waals surface area (Å²) in [5, 5.41) is 9.80. The molecule has 0 aromatic heterocycles. The minimum Gasteiger partial charge on any atom is -0.390 e. The van der Waals surface area contributed by atoms with Gasteiger partial charge in [0.15, 0.2) is 11.9 Å². The molecule has 0 aromatic carbocycles. The molecule has 3 aliphatic rings. The molecule has 2 heterocycles. The summed E-state index contributed by atoms with van der Waals surface area (Å²) in [6.45, 7) is 5.93. The first-order valence-electron chi connectivity index (χ1n) is 5.86. The van der Waals surface area contributed by atoms with Gasteiger partial charge in [0.25, 0.3) is 0 Å². The largest absolute Gasteiger partial charge is 0.390 e. The van der Waals surface area contributed by atoms with Crippen LogP contribution in [0.25, 0.3) is 0 Å². The van der Waals surface area contributed by atoms with E-state index in [9.17, 15) is 5.11 Å². The zero-order chi connectivity index (χ0) is 11.5. The van der Waals surface area contributed by atoms with Gasteiger partial charge in [-0.2, -0.15) is 0 Å². The van der Waals surface area contributed by atoms with E-state index in [2.05, 4.69) is 0 Å². The van der Waals surface area contributed by atoms with E-state index in [0.29, 0.717) is 6.42 Å². The maximum Gasteiger partial charge on any atom is 0.193 e. The molecule has 1 aliphatic carbocycles. The van der Waals surface area contributed by atoms with Crippen LogP contribution in [0.15, 0.2) is 0 Å². The Kier molecular flexibility index (Phi) is 2.32. The highest BCUT2D eigenvalue weighted by Gasteiger charge is 2.67. The predicted octanol–water partition coefficient (Wildman–Crippen LogP) is 0.606. The SMILES string of the molecule is CC(C)[C@@H]1OO[C@@]2(C)[C@H](C[C@H](O)[C@@H]3O[C@@H]32)O1. The van der Waals surface area contributed by atoms with Gasteiger partial charge in [-0.05, 0) is 6.92 Å². The lowest BCUT2D eigenvalue weighted by Crippen LogP contribution is -2.60. The summed E-state index contributed by atoms with van der Waals surface area (Å²) in [5.41, 5.74) is -0.574. The Morgan fingerprint density at radius 1 is 1.31 bits per heavy atom. The standard InChI is InChI=1S/C11H18O5/c1-5(2)10-13-7-4-6(12)8-9(14-8)11(7,3)16-15-10/h5-10,12H,4H2,1-3H3/t6-,7-,8-,9-,10-,11-/m0/s1. The molecular formula is C11H18O5. The maximum absolute atomic E-state index is 9.80. The number of hydrogen-bond donors (Lipinski definition) is 1. The number of fused-ring (bicyclic) bond motifs is 3. The zero-order valence-corrected chi connectivity index (χ0v) is 9.75. The van der Waals surface area contributed by atoms with Gasteiger partial charge in [0, 0.05) is 12.3 Å². The smallest absolute Gasteiger partial charge is 0.193 e. The molecule has 1 saturated carbocycles. The van der Waals surface area contributed by atoms with E-state index >= 15 is 0 Å². The van der Waals surface area contributed by atoms with Crippen molar-refractivity contribution in [1.82, 2.24) is 0 Å². The molecule has 3 fully saturated rings. The van der Waals surface area contributed by atoms with Crippen LogP contribution in [0, 0.1) is 5.92 Å². The van der Waals surface area contributed by atoms with Crippen LogP contribution in [0.5, 0.6) is 0 Å². The summed E-state index contributed by atoms with van der Waals surface area (Å²) in [5.74, 6) is 0.222. The zero-order valence-electron chi connectivity index (χ0n) is 9.75. The number of aliphatic hydroxyl groups is 1. The van der Waals surface area contributed by atoms with Gasteiger partial charge in [0.05, 0.1) is 12.2 Å². The molecule has 0 bridgehead atoms. The second-order valence-corrected chi connectivity index (χ2v) is 5.42. The number of ether oxygens (including phenoxy) is 2. The Labute approximate surface area is 94.5 Å². The van der Waals surface area contributed by atoms with Gasteiger partial charge in [0.1, 0.15) is 12.2 Å². The molecule has 1 N–H and O–H groups in total. The Hall–Kier alpha value is -0.200. The third kappa shape index (κ3) is 1.43. The van der Waals surface area contributed by atoms with Gasteiger partial charge in [-0.15, -0.1) is 0 Å². The molecule has 5 nitrogen and oxygen atoms in total. The van der Waals surface area contributed by atoms with Crippen molar-refractivity contribution in [3.63, 3.8) is 0 Å². The fraction of sp³-hybridized carbons (Fsp3) is 1.00. The molecule has 2 aliphatic heterocycles. The van der Waals surface area contributed by atoms with E-state index in [1.165, 1.54) is 0 Å². The van der Waals surface area contributed by atoms with Crippen molar-refractivity contribution in [3.8, 4) is 0 Å². The lowest BCUT2D eigenvalue weighted by Gasteiger charge is -2.45. The highest BCUT2D eigenvalue weighted by atomic mass is 17.2.